The van der Waals surface area contributed by atoms with Gasteiger partial charge in [0.15, 0.2) is 5.82 Å². The maximum Gasteiger partial charge on any atom is 0.234 e. The molecule has 0 aliphatic carbocycles. The second-order valence-electron chi connectivity index (χ2n) is 10.1. The molecule has 3 aromatic rings. The smallest absolute Gasteiger partial charge is 0.234 e. The second kappa shape index (κ2) is 11.0. The fourth-order valence-electron chi connectivity index (χ4n) is 4.72. The van der Waals surface area contributed by atoms with E-state index < -0.39 is 0 Å². The van der Waals surface area contributed by atoms with Gasteiger partial charge in [0.05, 0.1) is 19.0 Å². The molecule has 35 heavy (non-hydrogen) atoms. The quantitative estimate of drug-likeness (QED) is 0.541. The zero-order valence-electron chi connectivity index (χ0n) is 21.2. The highest BCUT2D eigenvalue weighted by molar-refractivity contribution is 5.85. The van der Waals surface area contributed by atoms with Crippen molar-refractivity contribution in [3.05, 3.63) is 59.7 Å². The molecule has 1 aromatic heterocycles. The Labute approximate surface area is 207 Å². The van der Waals surface area contributed by atoms with Crippen molar-refractivity contribution in [3.63, 3.8) is 0 Å². The predicted octanol–water partition coefficient (Wildman–Crippen LogP) is 2.82. The van der Waals surface area contributed by atoms with Crippen LogP contribution in [0.3, 0.4) is 0 Å². The van der Waals surface area contributed by atoms with Crippen molar-refractivity contribution >= 4 is 22.6 Å². The number of nitrogens with zero attached hydrogens (tertiary/aromatic N) is 5. The highest BCUT2D eigenvalue weighted by Crippen LogP contribution is 2.23. The minimum atomic E-state index is -0.205. The van der Waals surface area contributed by atoms with Crippen LogP contribution in [0.2, 0.25) is 0 Å². The molecule has 0 fully saturated rings. The van der Waals surface area contributed by atoms with E-state index in [-0.39, 0.29) is 17.9 Å². The first-order chi connectivity index (χ1) is 16.8. The number of aromatic nitrogens is 3. The van der Waals surface area contributed by atoms with Crippen molar-refractivity contribution in [1.29, 1.82) is 0 Å². The van der Waals surface area contributed by atoms with Crippen molar-refractivity contribution in [2.24, 2.45) is 5.92 Å². The van der Waals surface area contributed by atoms with Gasteiger partial charge < -0.3 is 19.7 Å². The first-order valence-corrected chi connectivity index (χ1v) is 12.4. The number of benzene rings is 2. The Kier molecular flexibility index (Phi) is 7.80. The average molecular weight is 477 g/mol. The number of nitrogens with one attached hydrogen (secondary N) is 1. The molecule has 1 aliphatic heterocycles. The molecule has 8 heteroatoms. The van der Waals surface area contributed by atoms with Crippen LogP contribution in [0.5, 0.6) is 0 Å². The number of hydrogen-bond donors (Lipinski definition) is 1. The molecular weight excluding hydrogens is 440 g/mol. The Bertz CT molecular complexity index is 1190. The molecule has 1 N–H and O–H groups in total. The topological polar surface area (TPSA) is 83.4 Å². The summed E-state index contributed by atoms with van der Waals surface area (Å²) < 4.78 is 2.10. The molecule has 0 unspecified atom stereocenters. The zero-order chi connectivity index (χ0) is 24.9. The van der Waals surface area contributed by atoms with E-state index >= 15 is 0 Å². The lowest BCUT2D eigenvalue weighted by Gasteiger charge is -2.23. The summed E-state index contributed by atoms with van der Waals surface area (Å²) in [4.78, 5) is 29.4. The van der Waals surface area contributed by atoms with E-state index in [0.29, 0.717) is 44.9 Å². The fraction of sp³-hybridized carbons (Fsp3) is 0.481. The summed E-state index contributed by atoms with van der Waals surface area (Å²) in [5.74, 6) is 2.14. The number of carbonyl (C=O) groups is 2. The molecule has 4 rings (SSSR count). The van der Waals surface area contributed by atoms with E-state index in [9.17, 15) is 9.59 Å². The van der Waals surface area contributed by atoms with Crippen LogP contribution in [0.4, 0.5) is 0 Å². The van der Waals surface area contributed by atoms with E-state index in [1.165, 1.54) is 5.39 Å². The van der Waals surface area contributed by atoms with Gasteiger partial charge in [-0.1, -0.05) is 56.3 Å². The summed E-state index contributed by atoms with van der Waals surface area (Å²) in [7, 11) is 3.76. The van der Waals surface area contributed by atoms with Crippen molar-refractivity contribution in [3.8, 4) is 0 Å². The van der Waals surface area contributed by atoms with Crippen LogP contribution in [0.1, 0.15) is 43.5 Å². The average Bonchev–Trinajstić information content (AvgIpc) is 3.08. The van der Waals surface area contributed by atoms with Gasteiger partial charge in [0, 0.05) is 26.1 Å². The van der Waals surface area contributed by atoms with Crippen LogP contribution < -0.4 is 5.32 Å². The second-order valence-corrected chi connectivity index (χ2v) is 10.1. The summed E-state index contributed by atoms with van der Waals surface area (Å²) in [5.41, 5.74) is 1.03. The number of likely N-dealkylation sites (N-methyl/N-ethyl adjacent to an activating group) is 1. The third kappa shape index (κ3) is 6.25. The van der Waals surface area contributed by atoms with Gasteiger partial charge in [0.1, 0.15) is 5.82 Å². The summed E-state index contributed by atoms with van der Waals surface area (Å²) in [6, 6.07) is 14.2. The van der Waals surface area contributed by atoms with Gasteiger partial charge in [-0.3, -0.25) is 9.59 Å². The van der Waals surface area contributed by atoms with Crippen LogP contribution >= 0.6 is 0 Å². The molecule has 2 aromatic carbocycles. The number of hydrogen-bond acceptors (Lipinski definition) is 5. The summed E-state index contributed by atoms with van der Waals surface area (Å²) in [6.45, 7) is 6.44. The number of fused-ring (bicyclic) bond motifs is 2. The molecule has 1 aliphatic rings. The lowest BCUT2D eigenvalue weighted by atomic mass is 10.0. The zero-order valence-corrected chi connectivity index (χ0v) is 21.2. The molecule has 0 saturated carbocycles. The first-order valence-electron chi connectivity index (χ1n) is 12.4. The Morgan fingerprint density at radius 2 is 1.80 bits per heavy atom. The number of carbonyl (C=O) groups excluding carboxylic acids is 2. The number of amides is 2. The summed E-state index contributed by atoms with van der Waals surface area (Å²) in [6.07, 6.45) is 1.81. The Balaban J connectivity index is 1.45. The van der Waals surface area contributed by atoms with Gasteiger partial charge in [-0.2, -0.15) is 0 Å². The van der Waals surface area contributed by atoms with Crippen LogP contribution in [-0.2, 0) is 29.0 Å². The predicted molar refractivity (Wildman–Crippen MR) is 137 cm³/mol. The van der Waals surface area contributed by atoms with Gasteiger partial charge in [0.25, 0.3) is 0 Å². The van der Waals surface area contributed by atoms with Crippen molar-refractivity contribution < 1.29 is 9.59 Å². The molecule has 2 amide bonds. The molecule has 0 saturated heterocycles. The maximum atomic E-state index is 13.2. The molecule has 0 bridgehead atoms. The molecule has 8 nitrogen and oxygen atoms in total. The van der Waals surface area contributed by atoms with Crippen LogP contribution in [0, 0.1) is 5.92 Å². The standard InChI is InChI=1S/C27H36N6O2/c1-19(2)15-23(28-25(34)18-31(3)4)27-30-29-24-11-12-32(13-14-33(24)27)26(35)17-20-9-10-21-7-5-6-8-22(21)16-20/h5-10,16,19,23H,11-15,17-18H2,1-4H3,(H,28,34)/t23-/m0/s1. The summed E-state index contributed by atoms with van der Waals surface area (Å²) >= 11 is 0. The third-order valence-corrected chi connectivity index (χ3v) is 6.39. The minimum absolute atomic E-state index is 0.0289. The van der Waals surface area contributed by atoms with E-state index in [4.69, 9.17) is 0 Å². The molecule has 186 valence electrons. The Morgan fingerprint density at radius 1 is 1.03 bits per heavy atom. The Hall–Kier alpha value is -3.26. The molecule has 0 radical (unpaired) electrons. The van der Waals surface area contributed by atoms with Gasteiger partial charge >= 0.3 is 0 Å². The Morgan fingerprint density at radius 3 is 2.54 bits per heavy atom. The van der Waals surface area contributed by atoms with Crippen LogP contribution in [-0.4, -0.2) is 70.1 Å². The van der Waals surface area contributed by atoms with Crippen molar-refractivity contribution in [2.45, 2.75) is 45.7 Å². The molecule has 0 spiro atoms. The van der Waals surface area contributed by atoms with Gasteiger partial charge in [-0.05, 0) is 42.8 Å². The van der Waals surface area contributed by atoms with Crippen LogP contribution in [0.25, 0.3) is 10.8 Å². The van der Waals surface area contributed by atoms with Crippen LogP contribution in [0.15, 0.2) is 42.5 Å². The minimum Gasteiger partial charge on any atom is -0.345 e. The summed E-state index contributed by atoms with van der Waals surface area (Å²) in [5, 5.41) is 14.4. The largest absolute Gasteiger partial charge is 0.345 e. The van der Waals surface area contributed by atoms with Gasteiger partial charge in [-0.25, -0.2) is 0 Å². The third-order valence-electron chi connectivity index (χ3n) is 6.39. The number of rotatable bonds is 8. The monoisotopic (exact) mass is 476 g/mol. The highest BCUT2D eigenvalue weighted by Gasteiger charge is 2.27. The van der Waals surface area contributed by atoms with Gasteiger partial charge in [-0.15, -0.1) is 10.2 Å². The van der Waals surface area contributed by atoms with E-state index in [1.54, 1.807) is 0 Å². The van der Waals surface area contributed by atoms with Crippen molar-refractivity contribution in [1.82, 2.24) is 29.9 Å². The van der Waals surface area contributed by atoms with E-state index in [2.05, 4.69) is 58.2 Å². The molecule has 1 atom stereocenters. The lowest BCUT2D eigenvalue weighted by Crippen LogP contribution is -2.38. The first kappa shape index (κ1) is 24.9. The molecule has 2 heterocycles. The highest BCUT2D eigenvalue weighted by atomic mass is 16.2. The maximum absolute atomic E-state index is 13.2. The SMILES string of the molecule is CC(C)C[C@H](NC(=O)CN(C)C)c1nnc2n1CCN(C(=O)Cc1ccc3ccccc3c1)CC2. The lowest BCUT2D eigenvalue weighted by molar-refractivity contribution is -0.130. The molecular formula is C27H36N6O2. The fourth-order valence-corrected chi connectivity index (χ4v) is 4.72. The van der Waals surface area contributed by atoms with Gasteiger partial charge in [0.2, 0.25) is 11.8 Å². The van der Waals surface area contributed by atoms with E-state index in [0.717, 1.165) is 29.0 Å². The normalized spacial score (nSPS) is 14.7. The van der Waals surface area contributed by atoms with E-state index in [1.807, 2.05) is 42.1 Å². The van der Waals surface area contributed by atoms with Crippen molar-refractivity contribution in [2.75, 3.05) is 33.7 Å².